The van der Waals surface area contributed by atoms with Crippen molar-refractivity contribution in [2.75, 3.05) is 0 Å². The lowest BCUT2D eigenvalue weighted by molar-refractivity contribution is -0.384. The van der Waals surface area contributed by atoms with E-state index in [0.29, 0.717) is 5.56 Å². The van der Waals surface area contributed by atoms with Crippen LogP contribution in [0.15, 0.2) is 24.3 Å². The van der Waals surface area contributed by atoms with Crippen molar-refractivity contribution in [2.45, 2.75) is 25.4 Å². The number of nitrogens with two attached hydrogens (primary N) is 1. The average molecular weight is 281 g/mol. The second-order valence-electron chi connectivity index (χ2n) is 4.18. The highest BCUT2D eigenvalue weighted by Crippen LogP contribution is 2.11. The van der Waals surface area contributed by atoms with Crippen molar-refractivity contribution >= 4 is 17.6 Å². The SMILES string of the molecule is NC(CCC(=O)O)C(=O)NCc1ccc([N+](=O)[O-])cc1. The van der Waals surface area contributed by atoms with Crippen molar-refractivity contribution in [1.82, 2.24) is 5.32 Å². The molecule has 0 aliphatic rings. The smallest absolute Gasteiger partial charge is 0.303 e. The maximum atomic E-state index is 11.6. The number of aliphatic carboxylic acids is 1. The van der Waals surface area contributed by atoms with Gasteiger partial charge in [-0.15, -0.1) is 0 Å². The van der Waals surface area contributed by atoms with Gasteiger partial charge >= 0.3 is 5.97 Å². The zero-order valence-corrected chi connectivity index (χ0v) is 10.6. The van der Waals surface area contributed by atoms with Crippen LogP contribution in [0.4, 0.5) is 5.69 Å². The number of hydrogen-bond donors (Lipinski definition) is 3. The van der Waals surface area contributed by atoms with Crippen molar-refractivity contribution in [3.05, 3.63) is 39.9 Å². The normalized spacial score (nSPS) is 11.7. The summed E-state index contributed by atoms with van der Waals surface area (Å²) in [5, 5.41) is 21.5. The Morgan fingerprint density at radius 1 is 1.35 bits per heavy atom. The van der Waals surface area contributed by atoms with E-state index in [9.17, 15) is 19.7 Å². The van der Waals surface area contributed by atoms with Crippen LogP contribution < -0.4 is 11.1 Å². The topological polar surface area (TPSA) is 136 Å². The number of nitrogens with zero attached hydrogens (tertiary/aromatic N) is 1. The van der Waals surface area contributed by atoms with Crippen LogP contribution in [0.1, 0.15) is 18.4 Å². The van der Waals surface area contributed by atoms with Crippen LogP contribution in [0.25, 0.3) is 0 Å². The highest BCUT2D eigenvalue weighted by atomic mass is 16.6. The molecule has 20 heavy (non-hydrogen) atoms. The number of hydrogen-bond acceptors (Lipinski definition) is 5. The van der Waals surface area contributed by atoms with Crippen molar-refractivity contribution in [3.63, 3.8) is 0 Å². The number of nitro groups is 1. The molecule has 1 unspecified atom stereocenters. The average Bonchev–Trinajstić information content (AvgIpc) is 2.42. The van der Waals surface area contributed by atoms with Gasteiger partial charge in [0.15, 0.2) is 0 Å². The number of carbonyl (C=O) groups excluding carboxylic acids is 1. The van der Waals surface area contributed by atoms with Crippen LogP contribution in [0.3, 0.4) is 0 Å². The predicted octanol–water partition coefficient (Wildman–Crippen LogP) is 0.403. The Bertz CT molecular complexity index is 500. The second-order valence-corrected chi connectivity index (χ2v) is 4.18. The van der Waals surface area contributed by atoms with Gasteiger partial charge in [-0.1, -0.05) is 12.1 Å². The molecule has 0 fully saturated rings. The standard InChI is InChI=1S/C12H15N3O5/c13-10(5-6-11(16)17)12(18)14-7-8-1-3-9(4-2-8)15(19)20/h1-4,10H,5-7,13H2,(H,14,18)(H,16,17). The lowest BCUT2D eigenvalue weighted by Crippen LogP contribution is -2.40. The molecule has 1 aromatic rings. The van der Waals surface area contributed by atoms with Crippen molar-refractivity contribution < 1.29 is 19.6 Å². The first-order valence-electron chi connectivity index (χ1n) is 5.88. The van der Waals surface area contributed by atoms with Gasteiger partial charge in [-0.05, 0) is 12.0 Å². The molecular weight excluding hydrogens is 266 g/mol. The molecule has 1 atom stereocenters. The fourth-order valence-electron chi connectivity index (χ4n) is 1.47. The van der Waals surface area contributed by atoms with E-state index in [1.54, 1.807) is 0 Å². The molecule has 0 saturated heterocycles. The second kappa shape index (κ2) is 7.19. The van der Waals surface area contributed by atoms with E-state index in [0.717, 1.165) is 0 Å². The minimum atomic E-state index is -1.01. The third-order valence-electron chi connectivity index (χ3n) is 2.62. The van der Waals surface area contributed by atoms with Crippen LogP contribution in [-0.2, 0) is 16.1 Å². The summed E-state index contributed by atoms with van der Waals surface area (Å²) in [7, 11) is 0. The molecule has 0 radical (unpaired) electrons. The number of nitrogens with one attached hydrogen (secondary N) is 1. The fraction of sp³-hybridized carbons (Fsp3) is 0.333. The summed E-state index contributed by atoms with van der Waals surface area (Å²) in [5.41, 5.74) is 6.19. The minimum Gasteiger partial charge on any atom is -0.481 e. The maximum Gasteiger partial charge on any atom is 0.303 e. The summed E-state index contributed by atoms with van der Waals surface area (Å²) in [4.78, 5) is 31.9. The molecule has 8 heteroatoms. The molecule has 8 nitrogen and oxygen atoms in total. The van der Waals surface area contributed by atoms with E-state index in [1.165, 1.54) is 24.3 Å². The third-order valence-corrected chi connectivity index (χ3v) is 2.62. The van der Waals surface area contributed by atoms with E-state index in [1.807, 2.05) is 0 Å². The lowest BCUT2D eigenvalue weighted by Gasteiger charge is -2.11. The summed E-state index contributed by atoms with van der Waals surface area (Å²) in [6, 6.07) is 4.85. The van der Waals surface area contributed by atoms with Crippen LogP contribution >= 0.6 is 0 Å². The Hall–Kier alpha value is -2.48. The van der Waals surface area contributed by atoms with Crippen molar-refractivity contribution in [1.29, 1.82) is 0 Å². The van der Waals surface area contributed by atoms with E-state index in [2.05, 4.69) is 5.32 Å². The molecule has 1 aromatic carbocycles. The Labute approximate surface area is 114 Å². The molecule has 108 valence electrons. The Morgan fingerprint density at radius 3 is 2.45 bits per heavy atom. The van der Waals surface area contributed by atoms with Crippen LogP contribution in [-0.4, -0.2) is 27.9 Å². The number of benzene rings is 1. The zero-order chi connectivity index (χ0) is 15.1. The first-order valence-corrected chi connectivity index (χ1v) is 5.88. The Balaban J connectivity index is 2.44. The van der Waals surface area contributed by atoms with Gasteiger partial charge in [-0.25, -0.2) is 0 Å². The number of rotatable bonds is 7. The number of carboxylic acids is 1. The molecule has 0 spiro atoms. The summed E-state index contributed by atoms with van der Waals surface area (Å²) in [6.07, 6.45) is -0.118. The van der Waals surface area contributed by atoms with E-state index in [4.69, 9.17) is 10.8 Å². The van der Waals surface area contributed by atoms with Crippen molar-refractivity contribution in [3.8, 4) is 0 Å². The van der Waals surface area contributed by atoms with Crippen LogP contribution in [0, 0.1) is 10.1 Å². The zero-order valence-electron chi connectivity index (χ0n) is 10.6. The quantitative estimate of drug-likeness (QED) is 0.489. The molecule has 0 heterocycles. The summed E-state index contributed by atoms with van der Waals surface area (Å²) < 4.78 is 0. The van der Waals surface area contributed by atoms with Crippen LogP contribution in [0.2, 0.25) is 0 Å². The molecular formula is C12H15N3O5. The predicted molar refractivity (Wildman–Crippen MR) is 69.8 cm³/mol. The molecule has 0 bridgehead atoms. The third kappa shape index (κ3) is 5.02. The first kappa shape index (κ1) is 15.6. The molecule has 0 aliphatic heterocycles. The van der Waals surface area contributed by atoms with Gasteiger partial charge < -0.3 is 16.2 Å². The number of nitro benzene ring substituents is 1. The van der Waals surface area contributed by atoms with Gasteiger partial charge in [-0.3, -0.25) is 19.7 Å². The maximum absolute atomic E-state index is 11.6. The van der Waals surface area contributed by atoms with Gasteiger partial charge in [0, 0.05) is 25.1 Å². The summed E-state index contributed by atoms with van der Waals surface area (Å²) >= 11 is 0. The van der Waals surface area contributed by atoms with Gasteiger partial charge in [0.2, 0.25) is 5.91 Å². The highest BCUT2D eigenvalue weighted by molar-refractivity contribution is 5.82. The summed E-state index contributed by atoms with van der Waals surface area (Å²) in [5.74, 6) is -1.46. The van der Waals surface area contributed by atoms with Crippen molar-refractivity contribution in [2.24, 2.45) is 5.73 Å². The van der Waals surface area contributed by atoms with Crippen LogP contribution in [0.5, 0.6) is 0 Å². The molecule has 4 N–H and O–H groups in total. The highest BCUT2D eigenvalue weighted by Gasteiger charge is 2.14. The number of carboxylic acid groups (broad SMARTS) is 1. The molecule has 0 aromatic heterocycles. The Kier molecular flexibility index (Phi) is 5.60. The summed E-state index contributed by atoms with van der Waals surface area (Å²) in [6.45, 7) is 0.178. The van der Waals surface area contributed by atoms with E-state index < -0.39 is 22.8 Å². The number of non-ortho nitro benzene ring substituents is 1. The molecule has 1 rings (SSSR count). The Morgan fingerprint density at radius 2 is 1.95 bits per heavy atom. The number of carbonyl (C=O) groups is 2. The monoisotopic (exact) mass is 281 g/mol. The molecule has 0 aliphatic carbocycles. The minimum absolute atomic E-state index is 0.0294. The fourth-order valence-corrected chi connectivity index (χ4v) is 1.47. The number of amides is 1. The van der Waals surface area contributed by atoms with E-state index in [-0.39, 0.29) is 25.1 Å². The van der Waals surface area contributed by atoms with Gasteiger partial charge in [0.25, 0.3) is 5.69 Å². The largest absolute Gasteiger partial charge is 0.481 e. The molecule has 0 saturated carbocycles. The first-order chi connectivity index (χ1) is 9.40. The van der Waals surface area contributed by atoms with Gasteiger partial charge in [0.1, 0.15) is 0 Å². The van der Waals surface area contributed by atoms with E-state index >= 15 is 0 Å². The molecule has 1 amide bonds. The van der Waals surface area contributed by atoms with Gasteiger partial charge in [-0.2, -0.15) is 0 Å². The van der Waals surface area contributed by atoms with Gasteiger partial charge in [0.05, 0.1) is 11.0 Å². The lowest BCUT2D eigenvalue weighted by atomic mass is 10.1.